The van der Waals surface area contributed by atoms with E-state index < -0.39 is 0 Å². The number of anilines is 1. The number of para-hydroxylation sites is 1. The van der Waals surface area contributed by atoms with E-state index in [9.17, 15) is 0 Å². The van der Waals surface area contributed by atoms with Gasteiger partial charge in [0.1, 0.15) is 0 Å². The third kappa shape index (κ3) is 3.53. The summed E-state index contributed by atoms with van der Waals surface area (Å²) in [6, 6.07) is 10.6. The van der Waals surface area contributed by atoms with Crippen molar-refractivity contribution in [3.63, 3.8) is 0 Å². The Morgan fingerprint density at radius 1 is 1.08 bits per heavy atom. The summed E-state index contributed by atoms with van der Waals surface area (Å²) < 4.78 is 5.75. The van der Waals surface area contributed by atoms with Crippen LogP contribution in [0.4, 0.5) is 5.95 Å². The highest BCUT2D eigenvalue weighted by molar-refractivity contribution is 5.81. The minimum atomic E-state index is 0.215. The summed E-state index contributed by atoms with van der Waals surface area (Å²) in [4.78, 5) is 13.4. The van der Waals surface area contributed by atoms with Crippen molar-refractivity contribution in [2.24, 2.45) is 5.92 Å². The van der Waals surface area contributed by atoms with Crippen LogP contribution in [0.3, 0.4) is 0 Å². The molecule has 1 aliphatic heterocycles. The van der Waals surface area contributed by atoms with Gasteiger partial charge in [0.15, 0.2) is 0 Å². The van der Waals surface area contributed by atoms with Crippen molar-refractivity contribution < 1.29 is 4.74 Å². The first kappa shape index (κ1) is 16.9. The number of nitrogens with zero attached hydrogens (tertiary/aromatic N) is 3. The van der Waals surface area contributed by atoms with Crippen molar-refractivity contribution >= 4 is 16.9 Å². The minimum absolute atomic E-state index is 0.215. The van der Waals surface area contributed by atoms with Crippen molar-refractivity contribution in [1.82, 2.24) is 15.0 Å². The van der Waals surface area contributed by atoms with Gasteiger partial charge in [0.2, 0.25) is 5.95 Å². The Bertz CT molecular complexity index is 873. The highest BCUT2D eigenvalue weighted by atomic mass is 16.5. The number of benzene rings is 1. The first-order valence-electron chi connectivity index (χ1n) is 9.19. The van der Waals surface area contributed by atoms with Crippen molar-refractivity contribution in [2.45, 2.75) is 32.2 Å². The molecule has 1 N–H and O–H groups in total. The van der Waals surface area contributed by atoms with Crippen LogP contribution in [0, 0.1) is 5.92 Å². The number of pyridine rings is 1. The van der Waals surface area contributed by atoms with Crippen molar-refractivity contribution in [3.8, 4) is 0 Å². The molecule has 2 aromatic heterocycles. The van der Waals surface area contributed by atoms with E-state index in [1.165, 1.54) is 10.9 Å². The normalized spacial score (nSPS) is 20.0. The van der Waals surface area contributed by atoms with Crippen molar-refractivity contribution in [2.75, 3.05) is 18.5 Å². The Kier molecular flexibility index (Phi) is 4.80. The lowest BCUT2D eigenvalue weighted by atomic mass is 9.93. The molecule has 0 bridgehead atoms. The largest absolute Gasteiger partial charge is 0.379 e. The van der Waals surface area contributed by atoms with Crippen LogP contribution in [0.1, 0.15) is 30.9 Å². The fourth-order valence-electron chi connectivity index (χ4n) is 3.45. The summed E-state index contributed by atoms with van der Waals surface area (Å²) in [6.07, 6.45) is 6.65. The van der Waals surface area contributed by atoms with Crippen LogP contribution in [0.5, 0.6) is 0 Å². The van der Waals surface area contributed by atoms with Gasteiger partial charge in [-0.25, -0.2) is 9.97 Å². The van der Waals surface area contributed by atoms with Crippen LogP contribution in [0.2, 0.25) is 0 Å². The average molecular weight is 348 g/mol. The van der Waals surface area contributed by atoms with E-state index in [0.717, 1.165) is 24.1 Å². The van der Waals surface area contributed by atoms with Crippen molar-refractivity contribution in [1.29, 1.82) is 0 Å². The molecule has 3 heterocycles. The molecule has 0 unspecified atom stereocenters. The van der Waals surface area contributed by atoms with Gasteiger partial charge in [-0.15, -0.1) is 0 Å². The zero-order valence-electron chi connectivity index (χ0n) is 15.2. The van der Waals surface area contributed by atoms with E-state index in [0.29, 0.717) is 24.4 Å². The number of aromatic nitrogens is 3. The summed E-state index contributed by atoms with van der Waals surface area (Å²) in [5, 5.41) is 4.68. The van der Waals surface area contributed by atoms with E-state index in [2.05, 4.69) is 58.4 Å². The standard InChI is InChI=1S/C21H24N4O/c1-14(2)17-10-23-21(24-11-17)25-20-13-26-12-16(20)9-15-7-8-22-19-6-4-3-5-18(15)19/h3-8,10-11,14,16,20H,9,12-13H2,1-2H3,(H,23,24,25)/t16-,20+/m1/s1. The predicted octanol–water partition coefficient (Wildman–Crippen LogP) is 3.82. The van der Waals surface area contributed by atoms with Gasteiger partial charge in [-0.1, -0.05) is 32.0 Å². The summed E-state index contributed by atoms with van der Waals surface area (Å²) in [5.74, 6) is 1.50. The van der Waals surface area contributed by atoms with Crippen LogP contribution in [-0.4, -0.2) is 34.2 Å². The molecule has 0 saturated carbocycles. The monoisotopic (exact) mass is 348 g/mol. The Hall–Kier alpha value is -2.53. The van der Waals surface area contributed by atoms with Gasteiger partial charge in [-0.05, 0) is 35.6 Å². The van der Waals surface area contributed by atoms with Crippen LogP contribution in [-0.2, 0) is 11.2 Å². The highest BCUT2D eigenvalue weighted by Crippen LogP contribution is 2.25. The number of fused-ring (bicyclic) bond motifs is 1. The average Bonchev–Trinajstić information content (AvgIpc) is 3.09. The zero-order chi connectivity index (χ0) is 17.9. The maximum Gasteiger partial charge on any atom is 0.222 e. The maximum atomic E-state index is 5.75. The molecular weight excluding hydrogens is 324 g/mol. The molecule has 0 amide bonds. The molecule has 4 rings (SSSR count). The van der Waals surface area contributed by atoms with Gasteiger partial charge in [0.25, 0.3) is 0 Å². The van der Waals surface area contributed by atoms with E-state index in [-0.39, 0.29) is 6.04 Å². The number of ether oxygens (including phenoxy) is 1. The molecule has 5 nitrogen and oxygen atoms in total. The van der Waals surface area contributed by atoms with Gasteiger partial charge in [0, 0.05) is 29.9 Å². The molecule has 1 aliphatic rings. The second-order valence-corrected chi connectivity index (χ2v) is 7.23. The van der Waals surface area contributed by atoms with E-state index in [1.54, 1.807) is 0 Å². The predicted molar refractivity (Wildman–Crippen MR) is 103 cm³/mol. The van der Waals surface area contributed by atoms with Crippen LogP contribution in [0.25, 0.3) is 10.9 Å². The topological polar surface area (TPSA) is 59.9 Å². The number of hydrogen-bond acceptors (Lipinski definition) is 5. The molecule has 3 aromatic rings. The summed E-state index contributed by atoms with van der Waals surface area (Å²) in [5.41, 5.74) is 3.51. The van der Waals surface area contributed by atoms with Gasteiger partial charge in [0.05, 0.1) is 24.8 Å². The lowest BCUT2D eigenvalue weighted by Gasteiger charge is -2.20. The molecule has 1 aromatic carbocycles. The Morgan fingerprint density at radius 2 is 1.88 bits per heavy atom. The van der Waals surface area contributed by atoms with E-state index in [4.69, 9.17) is 4.74 Å². The van der Waals surface area contributed by atoms with Crippen molar-refractivity contribution in [3.05, 3.63) is 60.0 Å². The third-order valence-corrected chi connectivity index (χ3v) is 5.07. The first-order valence-corrected chi connectivity index (χ1v) is 9.19. The highest BCUT2D eigenvalue weighted by Gasteiger charge is 2.29. The van der Waals surface area contributed by atoms with Crippen LogP contribution in [0.15, 0.2) is 48.9 Å². The molecule has 0 aliphatic carbocycles. The molecule has 0 radical (unpaired) electrons. The summed E-state index contributed by atoms with van der Waals surface area (Å²) in [7, 11) is 0. The quantitative estimate of drug-likeness (QED) is 0.759. The Morgan fingerprint density at radius 3 is 2.69 bits per heavy atom. The molecule has 26 heavy (non-hydrogen) atoms. The van der Waals surface area contributed by atoms with Crippen LogP contribution >= 0.6 is 0 Å². The number of nitrogens with one attached hydrogen (secondary N) is 1. The Labute approximate surface area is 153 Å². The van der Waals surface area contributed by atoms with Crippen LogP contribution < -0.4 is 5.32 Å². The molecule has 2 atom stereocenters. The zero-order valence-corrected chi connectivity index (χ0v) is 15.2. The first-order chi connectivity index (χ1) is 12.7. The smallest absolute Gasteiger partial charge is 0.222 e. The van der Waals surface area contributed by atoms with E-state index >= 15 is 0 Å². The molecular formula is C21H24N4O. The van der Waals surface area contributed by atoms with Gasteiger partial charge < -0.3 is 10.1 Å². The second kappa shape index (κ2) is 7.38. The second-order valence-electron chi connectivity index (χ2n) is 7.23. The lowest BCUT2D eigenvalue weighted by Crippen LogP contribution is -2.30. The minimum Gasteiger partial charge on any atom is -0.379 e. The number of hydrogen-bond donors (Lipinski definition) is 1. The Balaban J connectivity index is 1.49. The fraction of sp³-hybridized carbons (Fsp3) is 0.381. The maximum absolute atomic E-state index is 5.75. The summed E-state index contributed by atoms with van der Waals surface area (Å²) in [6.45, 7) is 5.72. The molecule has 5 heteroatoms. The lowest BCUT2D eigenvalue weighted by molar-refractivity contribution is 0.185. The third-order valence-electron chi connectivity index (χ3n) is 5.07. The van der Waals surface area contributed by atoms with Gasteiger partial charge >= 0.3 is 0 Å². The van der Waals surface area contributed by atoms with Gasteiger partial charge in [-0.3, -0.25) is 4.98 Å². The molecule has 0 spiro atoms. The van der Waals surface area contributed by atoms with E-state index in [1.807, 2.05) is 24.7 Å². The molecule has 1 saturated heterocycles. The SMILES string of the molecule is CC(C)c1cnc(N[C@H]2COC[C@H]2Cc2ccnc3ccccc23)nc1. The fourth-order valence-corrected chi connectivity index (χ4v) is 3.45. The van der Waals surface area contributed by atoms with Gasteiger partial charge in [-0.2, -0.15) is 0 Å². The summed E-state index contributed by atoms with van der Waals surface area (Å²) >= 11 is 0. The molecule has 134 valence electrons. The number of rotatable bonds is 5. The molecule has 1 fully saturated rings.